The second kappa shape index (κ2) is 6.35. The van der Waals surface area contributed by atoms with Crippen LogP contribution in [0.1, 0.15) is 40.0 Å². The summed E-state index contributed by atoms with van der Waals surface area (Å²) >= 11 is 0. The van der Waals surface area contributed by atoms with E-state index in [4.69, 9.17) is 0 Å². The number of carbonyl (C=O) groups is 2. The summed E-state index contributed by atoms with van der Waals surface area (Å²) in [6.07, 6.45) is 0. The first kappa shape index (κ1) is 15.0. The Hall–Kier alpha value is -2.42. The minimum atomic E-state index is -0.574. The first-order chi connectivity index (χ1) is 9.99. The molecule has 1 atom stereocenters. The molecule has 108 valence electrons. The molecule has 3 nitrogen and oxygen atoms in total. The lowest BCUT2D eigenvalue weighted by atomic mass is 10.0. The zero-order valence-corrected chi connectivity index (χ0v) is 12.5. The van der Waals surface area contributed by atoms with Crippen molar-refractivity contribution in [2.75, 3.05) is 0 Å². The maximum atomic E-state index is 12.1. The highest BCUT2D eigenvalue weighted by atomic mass is 16.2. The van der Waals surface area contributed by atoms with Crippen LogP contribution in [0.5, 0.6) is 0 Å². The molecular weight excluding hydrogens is 262 g/mol. The summed E-state index contributed by atoms with van der Waals surface area (Å²) in [5.41, 5.74) is 3.57. The normalized spacial score (nSPS) is 11.8. The van der Waals surface area contributed by atoms with Crippen molar-refractivity contribution < 1.29 is 9.59 Å². The molecule has 0 saturated heterocycles. The fourth-order valence-electron chi connectivity index (χ4n) is 2.25. The van der Waals surface area contributed by atoms with Gasteiger partial charge in [0.15, 0.2) is 0 Å². The highest BCUT2D eigenvalue weighted by molar-refractivity contribution is 6.42. The van der Waals surface area contributed by atoms with E-state index in [0.29, 0.717) is 5.56 Å². The quantitative estimate of drug-likeness (QED) is 0.690. The molecule has 0 heterocycles. The van der Waals surface area contributed by atoms with Crippen LogP contribution in [0, 0.1) is 13.8 Å². The molecule has 0 radical (unpaired) electrons. The number of rotatable bonds is 4. The summed E-state index contributed by atoms with van der Waals surface area (Å²) in [4.78, 5) is 24.2. The number of nitrogens with one attached hydrogen (secondary N) is 1. The molecule has 1 amide bonds. The van der Waals surface area contributed by atoms with Crippen molar-refractivity contribution in [1.29, 1.82) is 0 Å². The van der Waals surface area contributed by atoms with Gasteiger partial charge >= 0.3 is 0 Å². The van der Waals surface area contributed by atoms with Crippen LogP contribution in [0.2, 0.25) is 0 Å². The van der Waals surface area contributed by atoms with Crippen molar-refractivity contribution in [3.05, 3.63) is 70.8 Å². The van der Waals surface area contributed by atoms with Crippen LogP contribution in [-0.4, -0.2) is 11.7 Å². The van der Waals surface area contributed by atoms with Crippen LogP contribution in [0.3, 0.4) is 0 Å². The Morgan fingerprint density at radius 2 is 1.57 bits per heavy atom. The Bertz CT molecular complexity index is 659. The average Bonchev–Trinajstić information content (AvgIpc) is 2.47. The monoisotopic (exact) mass is 281 g/mol. The summed E-state index contributed by atoms with van der Waals surface area (Å²) in [5, 5.41) is 2.76. The number of benzene rings is 2. The predicted octanol–water partition coefficient (Wildman–Crippen LogP) is 3.36. The zero-order valence-electron chi connectivity index (χ0n) is 12.5. The number of carbonyl (C=O) groups excluding carboxylic acids is 2. The summed E-state index contributed by atoms with van der Waals surface area (Å²) in [5.74, 6) is -1.08. The standard InChI is InChI=1S/C18H19NO2/c1-12-8-10-15(11-9-12)17(20)18(21)19-14(3)16-7-5-4-6-13(16)2/h4-11,14H,1-3H3,(H,19,21). The molecule has 0 aromatic heterocycles. The smallest absolute Gasteiger partial charge is 0.292 e. The van der Waals surface area contributed by atoms with Crippen molar-refractivity contribution in [2.45, 2.75) is 26.8 Å². The van der Waals surface area contributed by atoms with Gasteiger partial charge in [-0.05, 0) is 31.9 Å². The van der Waals surface area contributed by atoms with Crippen LogP contribution < -0.4 is 5.32 Å². The van der Waals surface area contributed by atoms with Gasteiger partial charge in [0.1, 0.15) is 0 Å². The van der Waals surface area contributed by atoms with E-state index < -0.39 is 11.7 Å². The third-order valence-electron chi connectivity index (χ3n) is 3.52. The number of aryl methyl sites for hydroxylation is 2. The molecule has 3 heteroatoms. The van der Waals surface area contributed by atoms with Gasteiger partial charge in [0.05, 0.1) is 6.04 Å². The van der Waals surface area contributed by atoms with Crippen molar-refractivity contribution in [3.8, 4) is 0 Å². The number of amides is 1. The fourth-order valence-corrected chi connectivity index (χ4v) is 2.25. The molecule has 0 aliphatic carbocycles. The average molecular weight is 281 g/mol. The lowest BCUT2D eigenvalue weighted by Gasteiger charge is -2.16. The molecule has 2 aromatic carbocycles. The largest absolute Gasteiger partial charge is 0.343 e. The van der Waals surface area contributed by atoms with Gasteiger partial charge < -0.3 is 5.32 Å². The maximum Gasteiger partial charge on any atom is 0.292 e. The lowest BCUT2D eigenvalue weighted by Crippen LogP contribution is -2.33. The molecule has 0 bridgehead atoms. The molecular formula is C18H19NO2. The Morgan fingerprint density at radius 3 is 2.19 bits per heavy atom. The van der Waals surface area contributed by atoms with E-state index in [1.165, 1.54) is 0 Å². The van der Waals surface area contributed by atoms with Gasteiger partial charge in [0.25, 0.3) is 5.91 Å². The Labute approximate surface area is 125 Å². The Morgan fingerprint density at radius 1 is 0.952 bits per heavy atom. The number of hydrogen-bond acceptors (Lipinski definition) is 2. The molecule has 2 aromatic rings. The second-order valence-corrected chi connectivity index (χ2v) is 5.25. The van der Waals surface area contributed by atoms with Gasteiger partial charge in [-0.3, -0.25) is 9.59 Å². The number of Topliss-reactive ketones (excluding diaryl/α,β-unsaturated/α-hetero) is 1. The van der Waals surface area contributed by atoms with E-state index in [1.807, 2.05) is 57.2 Å². The topological polar surface area (TPSA) is 46.2 Å². The van der Waals surface area contributed by atoms with Gasteiger partial charge in [0.2, 0.25) is 5.78 Å². The molecule has 0 fully saturated rings. The van der Waals surface area contributed by atoms with E-state index >= 15 is 0 Å². The minimum Gasteiger partial charge on any atom is -0.343 e. The number of ketones is 1. The molecule has 0 aliphatic rings. The molecule has 0 aliphatic heterocycles. The summed E-state index contributed by atoms with van der Waals surface area (Å²) in [7, 11) is 0. The predicted molar refractivity (Wildman–Crippen MR) is 83.2 cm³/mol. The van der Waals surface area contributed by atoms with Crippen LogP contribution in [-0.2, 0) is 4.79 Å². The first-order valence-electron chi connectivity index (χ1n) is 6.96. The minimum absolute atomic E-state index is 0.201. The molecule has 0 saturated carbocycles. The van der Waals surface area contributed by atoms with Gasteiger partial charge in [-0.2, -0.15) is 0 Å². The van der Waals surface area contributed by atoms with Gasteiger partial charge in [-0.1, -0.05) is 54.1 Å². The van der Waals surface area contributed by atoms with E-state index in [0.717, 1.165) is 16.7 Å². The SMILES string of the molecule is Cc1ccc(C(=O)C(=O)NC(C)c2ccccc2C)cc1. The van der Waals surface area contributed by atoms with Gasteiger partial charge in [-0.25, -0.2) is 0 Å². The van der Waals surface area contributed by atoms with E-state index in [2.05, 4.69) is 5.32 Å². The zero-order chi connectivity index (χ0) is 15.4. The van der Waals surface area contributed by atoms with Crippen molar-refractivity contribution >= 4 is 11.7 Å². The van der Waals surface area contributed by atoms with E-state index in [9.17, 15) is 9.59 Å². The third-order valence-corrected chi connectivity index (χ3v) is 3.52. The van der Waals surface area contributed by atoms with E-state index in [-0.39, 0.29) is 6.04 Å². The van der Waals surface area contributed by atoms with Gasteiger partial charge in [0, 0.05) is 5.56 Å². The second-order valence-electron chi connectivity index (χ2n) is 5.25. The third kappa shape index (κ3) is 3.57. The molecule has 1 unspecified atom stereocenters. The molecule has 21 heavy (non-hydrogen) atoms. The molecule has 0 spiro atoms. The van der Waals surface area contributed by atoms with Crippen LogP contribution in [0.15, 0.2) is 48.5 Å². The lowest BCUT2D eigenvalue weighted by molar-refractivity contribution is -0.117. The van der Waals surface area contributed by atoms with Crippen LogP contribution >= 0.6 is 0 Å². The maximum absolute atomic E-state index is 12.1. The fraction of sp³-hybridized carbons (Fsp3) is 0.222. The summed E-state index contributed by atoms with van der Waals surface area (Å²) in [6, 6.07) is 14.6. The van der Waals surface area contributed by atoms with Crippen LogP contribution in [0.4, 0.5) is 0 Å². The van der Waals surface area contributed by atoms with Crippen molar-refractivity contribution in [2.24, 2.45) is 0 Å². The Kier molecular flexibility index (Phi) is 4.53. The van der Waals surface area contributed by atoms with Gasteiger partial charge in [-0.15, -0.1) is 0 Å². The molecule has 2 rings (SSSR count). The Balaban J connectivity index is 2.09. The highest BCUT2D eigenvalue weighted by Gasteiger charge is 2.19. The summed E-state index contributed by atoms with van der Waals surface area (Å²) < 4.78 is 0. The molecule has 1 N–H and O–H groups in total. The first-order valence-corrected chi connectivity index (χ1v) is 6.96. The van der Waals surface area contributed by atoms with Crippen LogP contribution in [0.25, 0.3) is 0 Å². The highest BCUT2D eigenvalue weighted by Crippen LogP contribution is 2.16. The van der Waals surface area contributed by atoms with Crippen molar-refractivity contribution in [1.82, 2.24) is 5.32 Å². The summed E-state index contributed by atoms with van der Waals surface area (Å²) in [6.45, 7) is 5.80. The number of hydrogen-bond donors (Lipinski definition) is 1. The van der Waals surface area contributed by atoms with E-state index in [1.54, 1.807) is 12.1 Å². The van der Waals surface area contributed by atoms with Crippen molar-refractivity contribution in [3.63, 3.8) is 0 Å².